The summed E-state index contributed by atoms with van der Waals surface area (Å²) >= 11 is 0. The summed E-state index contributed by atoms with van der Waals surface area (Å²) in [6.45, 7) is 4.63. The maximum atomic E-state index is 4.73. The Morgan fingerprint density at radius 1 is 0.840 bits per heavy atom. The molecule has 0 aliphatic carbocycles. The third-order valence-electron chi connectivity index (χ3n) is 5.48. The van der Waals surface area contributed by atoms with E-state index < -0.39 is 0 Å². The smallest absolute Gasteiger partial charge is 0.232 e. The van der Waals surface area contributed by atoms with Gasteiger partial charge in [-0.25, -0.2) is 9.47 Å². The van der Waals surface area contributed by atoms with Crippen LogP contribution in [0.3, 0.4) is 0 Å². The second-order valence-electron chi connectivity index (χ2n) is 6.76. The summed E-state index contributed by atoms with van der Waals surface area (Å²) in [5.41, 5.74) is 2.66. The number of aromatic nitrogens is 1. The van der Waals surface area contributed by atoms with Gasteiger partial charge in [0.15, 0.2) is 0 Å². The third-order valence-corrected chi connectivity index (χ3v) is 5.48. The molecule has 2 heteroatoms. The van der Waals surface area contributed by atoms with Gasteiger partial charge in [0.2, 0.25) is 5.82 Å². The molecule has 0 radical (unpaired) electrons. The summed E-state index contributed by atoms with van der Waals surface area (Å²) in [5, 5.41) is 0. The number of quaternary nitrogens is 1. The van der Waals surface area contributed by atoms with Gasteiger partial charge < -0.3 is 0 Å². The van der Waals surface area contributed by atoms with Crippen molar-refractivity contribution in [2.45, 2.75) is 32.2 Å². The van der Waals surface area contributed by atoms with E-state index in [1.165, 1.54) is 11.3 Å². The second-order valence-corrected chi connectivity index (χ2v) is 6.76. The van der Waals surface area contributed by atoms with E-state index >= 15 is 0 Å². The largest absolute Gasteiger partial charge is 0.242 e. The van der Waals surface area contributed by atoms with Crippen LogP contribution in [0.5, 0.6) is 0 Å². The normalized spacial score (nSPS) is 16.0. The fraction of sp³-hybridized carbons (Fsp3) is 0.261. The molecular weight excluding hydrogens is 304 g/mol. The van der Waals surface area contributed by atoms with Crippen LogP contribution in [0.25, 0.3) is 0 Å². The predicted octanol–water partition coefficient (Wildman–Crippen LogP) is 5.93. The highest BCUT2D eigenvalue weighted by molar-refractivity contribution is 5.55. The van der Waals surface area contributed by atoms with Crippen LogP contribution < -0.4 is 4.48 Å². The first-order chi connectivity index (χ1) is 12.2. The van der Waals surface area contributed by atoms with Crippen LogP contribution in [-0.2, 0) is 0 Å². The highest BCUT2D eigenvalue weighted by Gasteiger charge is 2.40. The van der Waals surface area contributed by atoms with Gasteiger partial charge in [-0.1, -0.05) is 61.5 Å². The number of rotatable bonds is 6. The van der Waals surface area contributed by atoms with E-state index in [4.69, 9.17) is 4.98 Å². The topological polar surface area (TPSA) is 12.9 Å². The van der Waals surface area contributed by atoms with Crippen LogP contribution in [0.2, 0.25) is 0 Å². The van der Waals surface area contributed by atoms with Crippen molar-refractivity contribution in [1.82, 2.24) is 9.47 Å². The molecule has 2 aromatic carbocycles. The lowest BCUT2D eigenvalue weighted by Crippen LogP contribution is -2.51. The molecule has 3 unspecified atom stereocenters. The zero-order valence-corrected chi connectivity index (χ0v) is 15.3. The maximum Gasteiger partial charge on any atom is 0.232 e. The van der Waals surface area contributed by atoms with E-state index in [0.29, 0.717) is 16.4 Å². The number of para-hydroxylation sites is 1. The van der Waals surface area contributed by atoms with E-state index in [2.05, 4.69) is 93.7 Å². The highest BCUT2D eigenvalue weighted by atomic mass is 15.4. The molecule has 1 heterocycles. The Hall–Kier alpha value is -2.45. The van der Waals surface area contributed by atoms with Crippen LogP contribution in [0.4, 0.5) is 11.5 Å². The summed E-state index contributed by atoms with van der Waals surface area (Å²) in [7, 11) is 2.29. The van der Waals surface area contributed by atoms with Crippen LogP contribution >= 0.6 is 0 Å². The van der Waals surface area contributed by atoms with E-state index in [9.17, 15) is 0 Å². The van der Waals surface area contributed by atoms with Crippen LogP contribution in [-0.4, -0.2) is 18.1 Å². The fourth-order valence-electron chi connectivity index (χ4n) is 3.86. The van der Waals surface area contributed by atoms with Crippen molar-refractivity contribution in [3.8, 4) is 0 Å². The number of hydrogen-bond acceptors (Lipinski definition) is 1. The van der Waals surface area contributed by atoms with Crippen molar-refractivity contribution in [3.05, 3.63) is 90.6 Å². The zero-order chi connectivity index (χ0) is 17.7. The Balaban J connectivity index is 2.11. The molecule has 0 saturated heterocycles. The SMILES string of the molecule is CCC(c1ccccc1)C(C)[N+](C)(c1ccccc1)c1ccccn1. The molecular formula is C23H27N2+. The Labute approximate surface area is 151 Å². The molecule has 0 bridgehead atoms. The lowest BCUT2D eigenvalue weighted by Gasteiger charge is -2.41. The number of likely N-dealkylation sites (N-methyl/N-ethyl adjacent to an activating group) is 1. The second kappa shape index (κ2) is 7.62. The molecule has 0 saturated carbocycles. The van der Waals surface area contributed by atoms with Crippen LogP contribution in [0.15, 0.2) is 85.1 Å². The van der Waals surface area contributed by atoms with Crippen molar-refractivity contribution >= 4 is 11.5 Å². The number of benzene rings is 2. The third kappa shape index (κ3) is 3.35. The van der Waals surface area contributed by atoms with Gasteiger partial charge >= 0.3 is 0 Å². The first kappa shape index (κ1) is 17.4. The highest BCUT2D eigenvalue weighted by Crippen LogP contribution is 2.40. The van der Waals surface area contributed by atoms with Gasteiger partial charge in [-0.2, -0.15) is 0 Å². The number of hydrogen-bond donors (Lipinski definition) is 0. The Morgan fingerprint density at radius 2 is 1.44 bits per heavy atom. The van der Waals surface area contributed by atoms with E-state index in [0.717, 1.165) is 12.2 Å². The molecule has 2 nitrogen and oxygen atoms in total. The summed E-state index contributed by atoms with van der Waals surface area (Å²) in [4.78, 5) is 4.73. The average molecular weight is 331 g/mol. The summed E-state index contributed by atoms with van der Waals surface area (Å²) in [5.74, 6) is 1.53. The maximum absolute atomic E-state index is 4.73. The molecule has 0 N–H and O–H groups in total. The Morgan fingerprint density at radius 3 is 2.00 bits per heavy atom. The molecule has 128 valence electrons. The molecule has 3 atom stereocenters. The predicted molar refractivity (Wildman–Crippen MR) is 107 cm³/mol. The summed E-state index contributed by atoms with van der Waals surface area (Å²) < 4.78 is 0.690. The Kier molecular flexibility index (Phi) is 5.30. The quantitative estimate of drug-likeness (QED) is 0.510. The van der Waals surface area contributed by atoms with Gasteiger partial charge in [0.25, 0.3) is 0 Å². The van der Waals surface area contributed by atoms with Gasteiger partial charge in [-0.05, 0) is 37.1 Å². The van der Waals surface area contributed by atoms with Crippen LogP contribution in [0.1, 0.15) is 31.7 Å². The molecule has 3 aromatic rings. The molecule has 25 heavy (non-hydrogen) atoms. The molecule has 1 aromatic heterocycles. The van der Waals surface area contributed by atoms with Crippen molar-refractivity contribution in [3.63, 3.8) is 0 Å². The first-order valence-electron chi connectivity index (χ1n) is 9.06. The van der Waals surface area contributed by atoms with Gasteiger partial charge in [-0.3, -0.25) is 0 Å². The molecule has 3 rings (SSSR count). The van der Waals surface area contributed by atoms with Gasteiger partial charge in [0.1, 0.15) is 11.7 Å². The molecule has 0 aliphatic rings. The van der Waals surface area contributed by atoms with Crippen molar-refractivity contribution in [1.29, 1.82) is 0 Å². The number of nitrogens with zero attached hydrogens (tertiary/aromatic N) is 2. The Bertz CT molecular complexity index is 729. The molecule has 0 spiro atoms. The first-order valence-corrected chi connectivity index (χ1v) is 9.06. The van der Waals surface area contributed by atoms with Crippen molar-refractivity contribution < 1.29 is 0 Å². The van der Waals surface area contributed by atoms with Crippen molar-refractivity contribution in [2.75, 3.05) is 7.05 Å². The minimum Gasteiger partial charge on any atom is -0.242 e. The standard InChI is InChI=1S/C23H27N2/c1-4-22(20-13-7-5-8-14-20)19(2)25(3,21-15-9-6-10-16-21)23-17-11-12-18-24-23/h5-19,22H,4H2,1-3H3/q+1. The van der Waals surface area contributed by atoms with E-state index in [1.54, 1.807) is 0 Å². The monoisotopic (exact) mass is 331 g/mol. The molecule has 0 fully saturated rings. The van der Waals surface area contributed by atoms with Crippen LogP contribution in [0, 0.1) is 0 Å². The zero-order valence-electron chi connectivity index (χ0n) is 15.3. The summed E-state index contributed by atoms with van der Waals surface area (Å²) in [6.07, 6.45) is 2.99. The number of pyridine rings is 1. The van der Waals surface area contributed by atoms with E-state index in [-0.39, 0.29) is 0 Å². The lowest BCUT2D eigenvalue weighted by atomic mass is 9.87. The van der Waals surface area contributed by atoms with Gasteiger partial charge in [0.05, 0.1) is 7.05 Å². The molecule has 0 aliphatic heterocycles. The minimum atomic E-state index is 0.352. The van der Waals surface area contributed by atoms with Gasteiger partial charge in [0, 0.05) is 18.2 Å². The molecule has 0 amide bonds. The minimum absolute atomic E-state index is 0.352. The lowest BCUT2D eigenvalue weighted by molar-refractivity contribution is 0.298. The summed E-state index contributed by atoms with van der Waals surface area (Å²) in [6, 6.07) is 28.1. The van der Waals surface area contributed by atoms with Gasteiger partial charge in [-0.15, -0.1) is 0 Å². The van der Waals surface area contributed by atoms with E-state index in [1.807, 2.05) is 12.3 Å². The average Bonchev–Trinajstić information content (AvgIpc) is 2.70. The van der Waals surface area contributed by atoms with Crippen molar-refractivity contribution in [2.24, 2.45) is 0 Å². The fourth-order valence-corrected chi connectivity index (χ4v) is 3.86.